The Morgan fingerprint density at radius 2 is 1.27 bits per heavy atom. The third kappa shape index (κ3) is 26.1. The van der Waals surface area contributed by atoms with E-state index >= 15 is 0 Å². The molecule has 4 atom stereocenters. The normalized spacial score (nSPS) is 15.8. The first kappa shape index (κ1) is 75.7. The van der Waals surface area contributed by atoms with Crippen molar-refractivity contribution in [2.24, 2.45) is 5.41 Å². The molecule has 94 heavy (non-hydrogen) atoms. The van der Waals surface area contributed by atoms with E-state index in [1.54, 1.807) is 42.4 Å². The number of aromatic nitrogens is 5. The Balaban J connectivity index is 0.741. The Bertz CT molecular complexity index is 3130. The molecule has 5 N–H and O–H groups in total. The molecule has 26 nitrogen and oxygen atoms in total. The maximum absolute atomic E-state index is 14.1. The smallest absolute Gasteiger partial charge is 0.328 e. The summed E-state index contributed by atoms with van der Waals surface area (Å²) in [6, 6.07) is 7.37. The molecule has 1 saturated heterocycles. The molecule has 516 valence electrons. The minimum Gasteiger partial charge on any atom is -0.469 e. The Morgan fingerprint density at radius 3 is 1.87 bits per heavy atom. The highest BCUT2D eigenvalue weighted by Gasteiger charge is 2.64. The number of nitrogens with zero attached hydrogens (tertiary/aromatic N) is 6. The van der Waals surface area contributed by atoms with Crippen LogP contribution in [0.2, 0.25) is 0 Å². The zero-order chi connectivity index (χ0) is 67.7. The lowest BCUT2D eigenvalue weighted by Gasteiger charge is -2.27. The molecule has 1 aromatic carbocycles. The van der Waals surface area contributed by atoms with Crippen molar-refractivity contribution < 1.29 is 71.6 Å². The van der Waals surface area contributed by atoms with Crippen LogP contribution >= 0.6 is 15.9 Å². The number of rotatable bonds is 47. The molecule has 2 fully saturated rings. The van der Waals surface area contributed by atoms with Gasteiger partial charge in [-0.25, -0.2) is 19.7 Å². The van der Waals surface area contributed by atoms with Gasteiger partial charge in [0.15, 0.2) is 5.78 Å². The Hall–Kier alpha value is -7.33. The molecule has 27 heteroatoms. The zero-order valence-corrected chi connectivity index (χ0v) is 56.9. The number of methoxy groups -OCH3 is 1. The number of hydrogen-bond acceptors (Lipinski definition) is 19. The first-order valence-electron chi connectivity index (χ1n) is 33.1. The van der Waals surface area contributed by atoms with Gasteiger partial charge in [-0.15, -0.1) is 0 Å². The minimum absolute atomic E-state index is 0.00844. The second-order valence-electron chi connectivity index (χ2n) is 24.1. The standard InChI is InChI=1S/C67H96BrN11O15/c1-6-94-66(88)51(74-58(82)21-19-17-15-13-11-9-7-8-10-12-14-16-18-20-22-62(86)89-5)25-28-57(81)69-29-31-90-33-35-92-44-59(83)70-30-32-91-34-36-93-45-60(84)73-42-56-71-40-49(41-72-56)48-24-26-52-50(37-48)63(47(3)80)77-78(52)43-61(85)79-53(38-67(4)39-54(67)79)65(87)76-64-46(2)23-27-55(68)75-64/h23-24,26-27,37,40-41,51,53-54H,6-22,25,28-36,38-39,42-45H2,1-5H3,(H,69,81)(H,70,83)(H,73,84)(H,74,82)(H,75,76,87)/t51-,53-,54+,67-/m0/s1. The van der Waals surface area contributed by atoms with E-state index in [1.807, 2.05) is 19.1 Å². The van der Waals surface area contributed by atoms with Gasteiger partial charge in [0.1, 0.15) is 53.8 Å². The number of ether oxygens (including phenoxy) is 6. The van der Waals surface area contributed by atoms with Crippen LogP contribution in [0.3, 0.4) is 0 Å². The van der Waals surface area contributed by atoms with E-state index in [0.717, 1.165) is 50.5 Å². The summed E-state index contributed by atoms with van der Waals surface area (Å²) in [5.74, 6) is -2.03. The fraction of sp³-hybridized carbons (Fsp3) is 0.627. The second-order valence-corrected chi connectivity index (χ2v) is 24.9. The summed E-state index contributed by atoms with van der Waals surface area (Å²) in [5, 5.41) is 18.9. The average Bonchev–Trinajstić information content (AvgIpc) is 1.55. The van der Waals surface area contributed by atoms with E-state index in [4.69, 9.17) is 23.7 Å². The Kier molecular flexibility index (Phi) is 32.9. The van der Waals surface area contributed by atoms with Gasteiger partial charge in [0.05, 0.1) is 65.4 Å². The maximum atomic E-state index is 14.1. The molecular formula is C67H96BrN11O15. The molecule has 6 rings (SSSR count). The van der Waals surface area contributed by atoms with Crippen LogP contribution in [0.1, 0.15) is 171 Å². The largest absolute Gasteiger partial charge is 0.469 e. The van der Waals surface area contributed by atoms with Crippen molar-refractivity contribution in [3.63, 3.8) is 0 Å². The minimum atomic E-state index is -0.918. The summed E-state index contributed by atoms with van der Waals surface area (Å²) in [4.78, 5) is 129. The molecular weight excluding hydrogens is 1280 g/mol. The number of unbranched alkanes of at least 4 members (excludes halogenated alkanes) is 13. The van der Waals surface area contributed by atoms with Crippen LogP contribution in [-0.2, 0) is 79.9 Å². The zero-order valence-electron chi connectivity index (χ0n) is 55.3. The first-order valence-corrected chi connectivity index (χ1v) is 33.9. The number of anilines is 1. The maximum Gasteiger partial charge on any atom is 0.328 e. The molecule has 0 spiro atoms. The van der Waals surface area contributed by atoms with Gasteiger partial charge in [0, 0.05) is 68.7 Å². The first-order chi connectivity index (χ1) is 45.4. The van der Waals surface area contributed by atoms with Gasteiger partial charge in [-0.1, -0.05) is 96.1 Å². The molecule has 4 aromatic rings. The molecule has 0 bridgehead atoms. The van der Waals surface area contributed by atoms with Crippen LogP contribution in [0, 0.1) is 12.3 Å². The van der Waals surface area contributed by atoms with Gasteiger partial charge >= 0.3 is 11.9 Å². The number of fused-ring (bicyclic) bond motifs is 2. The fourth-order valence-electron chi connectivity index (χ4n) is 11.2. The van der Waals surface area contributed by atoms with Crippen molar-refractivity contribution in [1.29, 1.82) is 0 Å². The third-order valence-electron chi connectivity index (χ3n) is 16.6. The van der Waals surface area contributed by atoms with E-state index in [1.165, 1.54) is 70.1 Å². The van der Waals surface area contributed by atoms with Crippen LogP contribution in [0.5, 0.6) is 0 Å². The van der Waals surface area contributed by atoms with Gasteiger partial charge < -0.3 is 59.9 Å². The van der Waals surface area contributed by atoms with Crippen molar-refractivity contribution in [3.05, 3.63) is 64.4 Å². The van der Waals surface area contributed by atoms with Crippen LogP contribution < -0.4 is 26.6 Å². The summed E-state index contributed by atoms with van der Waals surface area (Å²) >= 11 is 3.36. The molecule has 1 saturated carbocycles. The van der Waals surface area contributed by atoms with Gasteiger partial charge in [-0.05, 0) is 96.6 Å². The van der Waals surface area contributed by atoms with E-state index in [-0.39, 0.29) is 163 Å². The number of esters is 2. The van der Waals surface area contributed by atoms with E-state index in [9.17, 15) is 43.2 Å². The van der Waals surface area contributed by atoms with Gasteiger partial charge in [-0.3, -0.25) is 43.0 Å². The number of carbonyl (C=O) groups is 9. The lowest BCUT2D eigenvalue weighted by Crippen LogP contribution is -2.47. The average molecular weight is 1380 g/mol. The number of aryl methyl sites for hydroxylation is 1. The van der Waals surface area contributed by atoms with Gasteiger partial charge in [-0.2, -0.15) is 5.10 Å². The van der Waals surface area contributed by atoms with Gasteiger partial charge in [0.25, 0.3) is 0 Å². The number of carbonyl (C=O) groups excluding carboxylic acids is 9. The van der Waals surface area contributed by atoms with Crippen LogP contribution in [0.15, 0.2) is 47.3 Å². The summed E-state index contributed by atoms with van der Waals surface area (Å²) in [7, 11) is 1.43. The van der Waals surface area contributed by atoms with Crippen molar-refractivity contribution in [2.75, 3.05) is 85.0 Å². The monoisotopic (exact) mass is 1370 g/mol. The van der Waals surface area contributed by atoms with Crippen LogP contribution in [0.4, 0.5) is 5.82 Å². The number of benzene rings is 1. The van der Waals surface area contributed by atoms with E-state index in [0.29, 0.717) is 57.5 Å². The molecule has 3 aromatic heterocycles. The lowest BCUT2D eigenvalue weighted by atomic mass is 10.0. The van der Waals surface area contributed by atoms with Crippen molar-refractivity contribution >= 4 is 85.8 Å². The van der Waals surface area contributed by atoms with Crippen LogP contribution in [0.25, 0.3) is 22.0 Å². The third-order valence-corrected chi connectivity index (χ3v) is 17.0. The second kappa shape index (κ2) is 40.8. The molecule has 0 radical (unpaired) electrons. The van der Waals surface area contributed by atoms with E-state index in [2.05, 4.69) is 74.2 Å². The summed E-state index contributed by atoms with van der Waals surface area (Å²) < 4.78 is 33.7. The number of piperidine rings is 1. The number of Topliss-reactive ketones (excluding diaryl/α,β-unsaturated/α-hetero) is 1. The summed E-state index contributed by atoms with van der Waals surface area (Å²) in [6.07, 6.45) is 21.1. The fourth-order valence-corrected chi connectivity index (χ4v) is 11.5. The van der Waals surface area contributed by atoms with Crippen molar-refractivity contribution in [1.82, 2.24) is 50.9 Å². The predicted molar refractivity (Wildman–Crippen MR) is 353 cm³/mol. The highest BCUT2D eigenvalue weighted by molar-refractivity contribution is 9.10. The molecule has 1 aliphatic heterocycles. The molecule has 2 aliphatic rings. The quantitative estimate of drug-likeness (QED) is 0.0125. The van der Waals surface area contributed by atoms with E-state index < -0.39 is 18.1 Å². The van der Waals surface area contributed by atoms with Gasteiger partial charge in [0.2, 0.25) is 35.4 Å². The topological polar surface area (TPSA) is 329 Å². The lowest BCUT2D eigenvalue weighted by molar-refractivity contribution is -0.147. The number of amides is 6. The number of ketones is 1. The summed E-state index contributed by atoms with van der Waals surface area (Å²) in [6.45, 7) is 8.19. The molecule has 0 unspecified atom stereocenters. The number of nitrogens with one attached hydrogen (secondary N) is 5. The highest BCUT2D eigenvalue weighted by atomic mass is 79.9. The Labute approximate surface area is 559 Å². The van der Waals surface area contributed by atoms with Crippen molar-refractivity contribution in [3.8, 4) is 11.1 Å². The Morgan fingerprint density at radius 1 is 0.681 bits per heavy atom. The molecule has 1 aliphatic carbocycles. The molecule has 4 heterocycles. The number of hydrogen-bond donors (Lipinski definition) is 5. The van der Waals surface area contributed by atoms with Crippen molar-refractivity contribution in [2.45, 2.75) is 187 Å². The number of pyridine rings is 1. The molecule has 6 amide bonds. The predicted octanol–water partition coefficient (Wildman–Crippen LogP) is 7.34. The highest BCUT2D eigenvalue weighted by Crippen LogP contribution is 2.59. The van der Waals surface area contributed by atoms with Crippen LogP contribution in [-0.4, -0.2) is 181 Å². The SMILES string of the molecule is CCOC(=O)[C@H](CCC(=O)NCCOCCOCC(=O)NCCOCCOCC(=O)NCc1ncc(-c2ccc3c(c2)c(C(C)=O)nn3CC(=O)N2[C@H](C(=O)Nc3nc(Br)ccc3C)C[C@@]3(C)C[C@@H]23)cn1)NC(=O)CCCCCCCCCCCCCCCCC(=O)OC. The number of halogens is 1. The summed E-state index contributed by atoms with van der Waals surface area (Å²) in [5.41, 5.74) is 2.77. The number of likely N-dealkylation sites (tertiary alicyclic amines) is 1.